The fourth-order valence-electron chi connectivity index (χ4n) is 6.32. The van der Waals surface area contributed by atoms with Crippen molar-refractivity contribution in [1.29, 1.82) is 0 Å². The van der Waals surface area contributed by atoms with Crippen LogP contribution in [0.15, 0.2) is 11.3 Å². The van der Waals surface area contributed by atoms with E-state index in [1.165, 1.54) is 11.8 Å². The number of fused-ring (bicyclic) bond motifs is 3. The molecule has 13 heteroatoms. The zero-order chi connectivity index (χ0) is 28.0. The fraction of sp³-hybridized carbons (Fsp3) is 0.680. The van der Waals surface area contributed by atoms with E-state index >= 15 is 0 Å². The largest absolute Gasteiger partial charge is 0.480 e. The van der Waals surface area contributed by atoms with Crippen LogP contribution >= 0.6 is 11.8 Å². The van der Waals surface area contributed by atoms with Gasteiger partial charge in [0.2, 0.25) is 5.91 Å². The van der Waals surface area contributed by atoms with Crippen molar-refractivity contribution in [2.24, 2.45) is 16.7 Å². The van der Waals surface area contributed by atoms with E-state index in [4.69, 9.17) is 4.74 Å². The second-order valence-electron chi connectivity index (χ2n) is 11.2. The molecule has 4 aliphatic rings. The van der Waals surface area contributed by atoms with Gasteiger partial charge in [-0.2, -0.15) is 0 Å². The number of ether oxygens (including phenoxy) is 1. The molecule has 3 fully saturated rings. The van der Waals surface area contributed by atoms with Crippen LogP contribution < -0.4 is 10.6 Å². The van der Waals surface area contributed by atoms with E-state index in [-0.39, 0.29) is 53.2 Å². The van der Waals surface area contributed by atoms with Gasteiger partial charge in [-0.1, -0.05) is 20.8 Å². The molecule has 2 aliphatic heterocycles. The van der Waals surface area contributed by atoms with Crippen LogP contribution in [-0.2, 0) is 28.7 Å². The molecule has 208 valence electrons. The molecule has 0 radical (unpaired) electrons. The molecule has 2 heterocycles. The zero-order valence-corrected chi connectivity index (χ0v) is 22.3. The van der Waals surface area contributed by atoms with Crippen LogP contribution in [0.5, 0.6) is 0 Å². The van der Waals surface area contributed by atoms with Crippen molar-refractivity contribution < 1.29 is 43.7 Å². The summed E-state index contributed by atoms with van der Waals surface area (Å²) in [4.78, 5) is 72.8. The molecular weight excluding hydrogens is 518 g/mol. The molecule has 0 spiro atoms. The highest BCUT2D eigenvalue weighted by Gasteiger charge is 2.63. The zero-order valence-electron chi connectivity index (χ0n) is 21.5. The van der Waals surface area contributed by atoms with E-state index in [2.05, 4.69) is 31.4 Å². The van der Waals surface area contributed by atoms with Gasteiger partial charge in [0.15, 0.2) is 0 Å². The summed E-state index contributed by atoms with van der Waals surface area (Å²) >= 11 is 1.18. The number of rotatable bonds is 10. The maximum Gasteiger partial charge on any atom is 0.408 e. The van der Waals surface area contributed by atoms with Gasteiger partial charge in [0.05, 0.1) is 0 Å². The molecule has 0 aromatic heterocycles. The lowest BCUT2D eigenvalue weighted by atomic mass is 9.70. The van der Waals surface area contributed by atoms with Crippen LogP contribution in [0.25, 0.3) is 0 Å². The Kier molecular flexibility index (Phi) is 7.52. The van der Waals surface area contributed by atoms with Gasteiger partial charge in [0.1, 0.15) is 35.5 Å². The van der Waals surface area contributed by atoms with Gasteiger partial charge in [-0.05, 0) is 43.4 Å². The smallest absolute Gasteiger partial charge is 0.408 e. The number of carbonyl (C=O) groups excluding carboxylic acids is 4. The molecule has 6 atom stereocenters. The number of aliphatic carboxylic acids is 2. The maximum absolute atomic E-state index is 12.5. The van der Waals surface area contributed by atoms with Gasteiger partial charge in [-0.15, -0.1) is 11.8 Å². The summed E-state index contributed by atoms with van der Waals surface area (Å²) in [5, 5.41) is 23.3. The highest BCUT2D eigenvalue weighted by Crippen LogP contribution is 2.66. The number of hydrogen-bond donors (Lipinski definition) is 4. The number of hydrogen-bond acceptors (Lipinski definition) is 8. The third-order valence-electron chi connectivity index (χ3n) is 9.11. The van der Waals surface area contributed by atoms with Gasteiger partial charge in [-0.25, -0.2) is 14.4 Å². The van der Waals surface area contributed by atoms with Crippen LogP contribution in [0.2, 0.25) is 0 Å². The third-order valence-corrected chi connectivity index (χ3v) is 10.4. The molecule has 0 aromatic carbocycles. The summed E-state index contributed by atoms with van der Waals surface area (Å²) in [6, 6.07) is -2.18. The molecule has 2 saturated carbocycles. The van der Waals surface area contributed by atoms with E-state index in [0.717, 1.165) is 24.2 Å². The van der Waals surface area contributed by atoms with E-state index in [1.807, 2.05) is 0 Å². The lowest BCUT2D eigenvalue weighted by Gasteiger charge is -2.49. The van der Waals surface area contributed by atoms with Crippen LogP contribution in [-0.4, -0.2) is 80.6 Å². The van der Waals surface area contributed by atoms with Crippen LogP contribution in [0.4, 0.5) is 4.79 Å². The first-order chi connectivity index (χ1) is 17.8. The Morgan fingerprint density at radius 2 is 1.95 bits per heavy atom. The average molecular weight is 552 g/mol. The predicted molar refractivity (Wildman–Crippen MR) is 134 cm³/mol. The Bertz CT molecular complexity index is 1110. The molecule has 0 aromatic rings. The predicted octanol–water partition coefficient (Wildman–Crippen LogP) is 1.49. The minimum atomic E-state index is -1.39. The molecule has 12 nitrogen and oxygen atoms in total. The first-order valence-corrected chi connectivity index (χ1v) is 13.7. The minimum Gasteiger partial charge on any atom is -0.480 e. The molecule has 2 aliphatic carbocycles. The van der Waals surface area contributed by atoms with Gasteiger partial charge < -0.3 is 25.6 Å². The second kappa shape index (κ2) is 10.2. The van der Waals surface area contributed by atoms with Crippen LogP contribution in [0.1, 0.15) is 59.3 Å². The molecule has 3 amide bonds. The number of aldehydes is 1. The minimum absolute atomic E-state index is 0.000805. The summed E-state index contributed by atoms with van der Waals surface area (Å²) in [6.07, 6.45) is 2.13. The van der Waals surface area contributed by atoms with Crippen molar-refractivity contribution in [3.05, 3.63) is 11.3 Å². The number of thioether (sulfide) groups is 1. The number of nitrogens with zero attached hydrogens (tertiary/aromatic N) is 1. The molecule has 4 unspecified atom stereocenters. The highest BCUT2D eigenvalue weighted by molar-refractivity contribution is 8.00. The number of alkyl carbamates (subject to hydrolysis) is 1. The van der Waals surface area contributed by atoms with E-state index < -0.39 is 47.3 Å². The number of amides is 3. The van der Waals surface area contributed by atoms with Crippen molar-refractivity contribution in [1.82, 2.24) is 15.5 Å². The Balaban J connectivity index is 1.24. The number of carboxylic acids is 2. The van der Waals surface area contributed by atoms with Crippen molar-refractivity contribution >= 4 is 47.9 Å². The maximum atomic E-state index is 12.5. The number of nitrogens with one attached hydrogen (secondary N) is 2. The first kappa shape index (κ1) is 27.9. The summed E-state index contributed by atoms with van der Waals surface area (Å²) in [5.74, 6) is -3.21. The molecule has 1 saturated heterocycles. The topological polar surface area (TPSA) is 179 Å². The van der Waals surface area contributed by atoms with Crippen LogP contribution in [0, 0.1) is 16.7 Å². The molecule has 4 N–H and O–H groups in total. The van der Waals surface area contributed by atoms with Crippen LogP contribution in [0.3, 0.4) is 0 Å². The average Bonchev–Trinajstić information content (AvgIpc) is 3.19. The lowest BCUT2D eigenvalue weighted by Crippen LogP contribution is -2.70. The van der Waals surface area contributed by atoms with Crippen molar-refractivity contribution in [3.8, 4) is 0 Å². The van der Waals surface area contributed by atoms with Gasteiger partial charge in [0, 0.05) is 23.2 Å². The summed E-state index contributed by atoms with van der Waals surface area (Å²) < 4.78 is 5.67. The summed E-state index contributed by atoms with van der Waals surface area (Å²) in [7, 11) is 0. The summed E-state index contributed by atoms with van der Waals surface area (Å²) in [6.45, 7) is 6.48. The molecule has 38 heavy (non-hydrogen) atoms. The molecule has 2 bridgehead atoms. The standard InChI is InChI=1S/C25H33N3O9S/c1-24(2)13-7-8-25(24,3)15(9-13)37-23(36)26-14(21(32)33)5-4-6-16(30)27-17-19(31)28-18(22(34)35)12(10-29)11-38-20(17)28/h10,13-15,17,20H,4-9,11H2,1-3H3,(H,26,36)(H,27,30)(H,32,33)(H,34,35)/t13?,14?,15?,17-,20+,25?/m1/s1. The Hall–Kier alpha value is -3.09. The monoisotopic (exact) mass is 551 g/mol. The second-order valence-corrected chi connectivity index (χ2v) is 12.3. The quantitative estimate of drug-likeness (QED) is 0.229. The Labute approximate surface area is 223 Å². The highest BCUT2D eigenvalue weighted by atomic mass is 32.2. The number of carboxylic acid groups (broad SMARTS) is 2. The molecule has 4 rings (SSSR count). The third kappa shape index (κ3) is 4.65. The SMILES string of the molecule is CC1(C)C2CCC1(C)C(OC(=O)NC(CCCC(=O)N[C@@H]1C(=O)N3C(C(=O)O)=C(C=O)CS[C@@H]13)C(=O)O)C2. The Morgan fingerprint density at radius 3 is 2.50 bits per heavy atom. The van der Waals surface area contributed by atoms with Crippen molar-refractivity contribution in [3.63, 3.8) is 0 Å². The summed E-state index contributed by atoms with van der Waals surface area (Å²) in [5.41, 5.74) is -0.493. The van der Waals surface area contributed by atoms with E-state index in [9.17, 15) is 39.0 Å². The van der Waals surface area contributed by atoms with Crippen molar-refractivity contribution in [2.75, 3.05) is 5.75 Å². The Morgan fingerprint density at radius 1 is 1.24 bits per heavy atom. The van der Waals surface area contributed by atoms with Gasteiger partial charge in [0.25, 0.3) is 5.91 Å². The van der Waals surface area contributed by atoms with E-state index in [1.54, 1.807) is 0 Å². The van der Waals surface area contributed by atoms with Crippen molar-refractivity contribution in [2.45, 2.75) is 82.9 Å². The lowest BCUT2D eigenvalue weighted by molar-refractivity contribution is -0.150. The number of β-lactam (4-membered cyclic amide) rings is 1. The normalized spacial score (nSPS) is 31.7. The van der Waals surface area contributed by atoms with E-state index in [0.29, 0.717) is 12.2 Å². The number of carbonyl (C=O) groups is 6. The first-order valence-electron chi connectivity index (χ1n) is 12.7. The molecular formula is C25H33N3O9S. The van der Waals surface area contributed by atoms with Gasteiger partial charge >= 0.3 is 18.0 Å². The fourth-order valence-corrected chi connectivity index (χ4v) is 7.61. The van der Waals surface area contributed by atoms with Gasteiger partial charge in [-0.3, -0.25) is 19.3 Å².